The van der Waals surface area contributed by atoms with E-state index in [9.17, 15) is 4.79 Å². The van der Waals surface area contributed by atoms with E-state index >= 15 is 0 Å². The third-order valence-electron chi connectivity index (χ3n) is 8.66. The largest absolute Gasteiger partial charge is 0.489 e. The lowest BCUT2D eigenvalue weighted by atomic mass is 9.81. The van der Waals surface area contributed by atoms with Gasteiger partial charge >= 0.3 is 0 Å². The molecule has 2 atom stereocenters. The van der Waals surface area contributed by atoms with Crippen LogP contribution < -0.4 is 21.2 Å². The van der Waals surface area contributed by atoms with E-state index in [2.05, 4.69) is 88.7 Å². The number of allylic oxidation sites excluding steroid dienone is 2. The molecule has 0 radical (unpaired) electrons. The highest BCUT2D eigenvalue weighted by molar-refractivity contribution is 5.84. The Balaban J connectivity index is 1.17. The minimum absolute atomic E-state index is 0.0363. The number of nitrogens with two attached hydrogens (primary N) is 1. The topological polar surface area (TPSA) is 79.6 Å². The van der Waals surface area contributed by atoms with Crippen LogP contribution in [0.3, 0.4) is 0 Å². The molecule has 1 unspecified atom stereocenters. The zero-order valence-corrected chi connectivity index (χ0v) is 24.0. The third kappa shape index (κ3) is 6.67. The molecule has 4 N–H and O–H groups in total. The second-order valence-corrected chi connectivity index (χ2v) is 11.5. The van der Waals surface area contributed by atoms with Crippen LogP contribution in [0.5, 0.6) is 5.75 Å². The average molecular weight is 561 g/mol. The number of hydrazine groups is 1. The van der Waals surface area contributed by atoms with Crippen LogP contribution in [0.15, 0.2) is 115 Å². The van der Waals surface area contributed by atoms with Crippen LogP contribution >= 0.6 is 0 Å². The van der Waals surface area contributed by atoms with Crippen LogP contribution in [-0.2, 0) is 17.8 Å². The van der Waals surface area contributed by atoms with Crippen LogP contribution in [0, 0.1) is 11.8 Å². The minimum atomic E-state index is -0.214. The van der Waals surface area contributed by atoms with Gasteiger partial charge in [0.1, 0.15) is 18.5 Å². The number of rotatable bonds is 10. The fourth-order valence-electron chi connectivity index (χ4n) is 6.15. The molecule has 3 aliphatic rings. The molecular formula is C36H40N4O2. The monoisotopic (exact) mass is 560 g/mol. The van der Waals surface area contributed by atoms with Crippen molar-refractivity contribution in [1.29, 1.82) is 0 Å². The fourth-order valence-corrected chi connectivity index (χ4v) is 6.15. The van der Waals surface area contributed by atoms with Gasteiger partial charge in [-0.15, -0.1) is 0 Å². The van der Waals surface area contributed by atoms with Crippen LogP contribution in [0.2, 0.25) is 0 Å². The van der Waals surface area contributed by atoms with Crippen molar-refractivity contribution in [3.8, 4) is 5.75 Å². The summed E-state index contributed by atoms with van der Waals surface area (Å²) in [7, 11) is 0. The summed E-state index contributed by atoms with van der Waals surface area (Å²) in [6, 6.07) is 28.9. The van der Waals surface area contributed by atoms with Crippen molar-refractivity contribution < 1.29 is 9.53 Å². The number of hydrogen-bond acceptors (Lipinski definition) is 5. The maximum absolute atomic E-state index is 13.5. The molecule has 1 heterocycles. The lowest BCUT2D eigenvalue weighted by Crippen LogP contribution is -2.53. The zero-order valence-electron chi connectivity index (χ0n) is 24.0. The van der Waals surface area contributed by atoms with Crippen LogP contribution in [-0.4, -0.2) is 29.7 Å². The van der Waals surface area contributed by atoms with Gasteiger partial charge in [-0.3, -0.25) is 9.80 Å². The minimum Gasteiger partial charge on any atom is -0.489 e. The van der Waals surface area contributed by atoms with Gasteiger partial charge in [-0.1, -0.05) is 91.0 Å². The standard InChI is InChI=1S/C36H40N4O2/c37-23-27-14-16-30(17-15-27)36(41)38-35(22-26-8-3-1-4-9-26)40-24-33-32(12-7-13-34(33)39-40)29-18-20-31(21-19-29)42-25-28-10-5-2-6-11-28/h1-13,18-21,24,27,30,34-35,39H,14-17,22-23,25,37H2,(H,38,41)/t27?,30?,34?,35-/m0/s1. The molecule has 6 rings (SSSR count). The summed E-state index contributed by atoms with van der Waals surface area (Å²) in [5.74, 6) is 1.57. The summed E-state index contributed by atoms with van der Waals surface area (Å²) in [5.41, 5.74) is 15.3. The Bertz CT molecular complexity index is 1420. The molecule has 0 saturated heterocycles. The Morgan fingerprint density at radius 3 is 2.31 bits per heavy atom. The van der Waals surface area contributed by atoms with Crippen molar-refractivity contribution in [3.63, 3.8) is 0 Å². The molecule has 2 aliphatic carbocycles. The smallest absolute Gasteiger partial charge is 0.224 e. The van der Waals surface area contributed by atoms with Gasteiger partial charge in [-0.05, 0) is 78.1 Å². The number of nitrogens with one attached hydrogen (secondary N) is 2. The highest BCUT2D eigenvalue weighted by atomic mass is 16.5. The molecule has 216 valence electrons. The maximum atomic E-state index is 13.5. The second-order valence-electron chi connectivity index (χ2n) is 11.5. The Morgan fingerprint density at radius 1 is 0.929 bits per heavy atom. The number of hydrogen-bond donors (Lipinski definition) is 3. The summed E-state index contributed by atoms with van der Waals surface area (Å²) >= 11 is 0. The highest BCUT2D eigenvalue weighted by Crippen LogP contribution is 2.34. The van der Waals surface area contributed by atoms with Gasteiger partial charge in [0.2, 0.25) is 5.91 Å². The molecule has 3 aromatic carbocycles. The number of benzene rings is 3. The Kier molecular flexibility index (Phi) is 8.83. The predicted molar refractivity (Wildman–Crippen MR) is 168 cm³/mol. The first kappa shape index (κ1) is 28.0. The molecule has 6 heteroatoms. The molecular weight excluding hydrogens is 520 g/mol. The summed E-state index contributed by atoms with van der Waals surface area (Å²) in [4.78, 5) is 13.5. The van der Waals surface area contributed by atoms with Gasteiger partial charge in [0.25, 0.3) is 0 Å². The molecule has 1 fully saturated rings. The van der Waals surface area contributed by atoms with E-state index in [4.69, 9.17) is 10.5 Å². The Hall–Kier alpha value is -4.13. The molecule has 1 amide bonds. The SMILES string of the molecule is NCC1CCC(C(=O)N[C@H](Cc2ccccc2)N2C=C3C(c4ccc(OCc5ccccc5)cc4)=CC=CC3N2)CC1. The molecule has 42 heavy (non-hydrogen) atoms. The Morgan fingerprint density at radius 2 is 1.62 bits per heavy atom. The van der Waals surface area contributed by atoms with Crippen LogP contribution in [0.1, 0.15) is 42.4 Å². The second kappa shape index (κ2) is 13.2. The lowest BCUT2D eigenvalue weighted by Gasteiger charge is -2.33. The van der Waals surface area contributed by atoms with Gasteiger partial charge in [0, 0.05) is 18.5 Å². The number of fused-ring (bicyclic) bond motifs is 1. The van der Waals surface area contributed by atoms with Gasteiger partial charge < -0.3 is 15.8 Å². The normalized spacial score (nSPS) is 22.1. The molecule has 0 spiro atoms. The Labute approximate surface area is 248 Å². The maximum Gasteiger partial charge on any atom is 0.224 e. The van der Waals surface area contributed by atoms with E-state index < -0.39 is 0 Å². The van der Waals surface area contributed by atoms with Crippen molar-refractivity contribution in [2.24, 2.45) is 17.6 Å². The predicted octanol–water partition coefficient (Wildman–Crippen LogP) is 5.74. The van der Waals surface area contributed by atoms with Gasteiger partial charge in [0.15, 0.2) is 0 Å². The summed E-state index contributed by atoms with van der Waals surface area (Å²) in [6.45, 7) is 1.26. The van der Waals surface area contributed by atoms with Gasteiger partial charge in [0.05, 0.1) is 6.04 Å². The number of nitrogens with zero attached hydrogens (tertiary/aromatic N) is 1. The zero-order chi connectivity index (χ0) is 28.7. The number of amides is 1. The summed E-state index contributed by atoms with van der Waals surface area (Å²) in [6.07, 6.45) is 13.0. The highest BCUT2D eigenvalue weighted by Gasteiger charge is 2.33. The van der Waals surface area contributed by atoms with Crippen molar-refractivity contribution in [2.75, 3.05) is 6.54 Å². The molecule has 1 saturated carbocycles. The lowest BCUT2D eigenvalue weighted by molar-refractivity contribution is -0.128. The van der Waals surface area contributed by atoms with E-state index in [0.717, 1.165) is 48.1 Å². The average Bonchev–Trinajstić information content (AvgIpc) is 3.50. The van der Waals surface area contributed by atoms with E-state index in [0.29, 0.717) is 25.5 Å². The first-order chi connectivity index (χ1) is 20.7. The van der Waals surface area contributed by atoms with Crippen molar-refractivity contribution in [1.82, 2.24) is 15.8 Å². The van der Waals surface area contributed by atoms with E-state index in [1.165, 1.54) is 11.1 Å². The molecule has 0 aromatic heterocycles. The van der Waals surface area contributed by atoms with Crippen molar-refractivity contribution >= 4 is 11.5 Å². The first-order valence-electron chi connectivity index (χ1n) is 15.1. The third-order valence-corrected chi connectivity index (χ3v) is 8.66. The first-order valence-corrected chi connectivity index (χ1v) is 15.1. The molecule has 6 nitrogen and oxygen atoms in total. The molecule has 1 aliphatic heterocycles. The number of carbonyl (C=O) groups excluding carboxylic acids is 1. The van der Waals surface area contributed by atoms with Gasteiger partial charge in [-0.25, -0.2) is 5.43 Å². The van der Waals surface area contributed by atoms with Crippen molar-refractivity contribution in [2.45, 2.75) is 50.9 Å². The van der Waals surface area contributed by atoms with Gasteiger partial charge in [-0.2, -0.15) is 0 Å². The molecule has 3 aromatic rings. The quantitative estimate of drug-likeness (QED) is 0.295. The van der Waals surface area contributed by atoms with E-state index in [1.807, 2.05) is 36.4 Å². The number of carbonyl (C=O) groups is 1. The fraction of sp³-hybridized carbons (Fsp3) is 0.306. The van der Waals surface area contributed by atoms with E-state index in [-0.39, 0.29) is 24.0 Å². The van der Waals surface area contributed by atoms with E-state index in [1.54, 1.807) is 0 Å². The van der Waals surface area contributed by atoms with Crippen LogP contribution in [0.25, 0.3) is 5.57 Å². The number of ether oxygens (including phenoxy) is 1. The van der Waals surface area contributed by atoms with Crippen molar-refractivity contribution in [3.05, 3.63) is 132 Å². The summed E-state index contributed by atoms with van der Waals surface area (Å²) in [5, 5.41) is 5.49. The van der Waals surface area contributed by atoms with Crippen LogP contribution in [0.4, 0.5) is 0 Å². The summed E-state index contributed by atoms with van der Waals surface area (Å²) < 4.78 is 6.01. The molecule has 0 bridgehead atoms.